The van der Waals surface area contributed by atoms with Gasteiger partial charge in [-0.1, -0.05) is 18.2 Å². The van der Waals surface area contributed by atoms with Crippen LogP contribution in [0.25, 0.3) is 0 Å². The Labute approximate surface area is 101 Å². The summed E-state index contributed by atoms with van der Waals surface area (Å²) in [5.74, 6) is 0.599. The number of carbonyl (C=O) groups excluding carboxylic acids is 1. The zero-order valence-electron chi connectivity index (χ0n) is 10.1. The molecule has 0 bridgehead atoms. The Morgan fingerprint density at radius 3 is 2.76 bits per heavy atom. The first kappa shape index (κ1) is 11.9. The lowest BCUT2D eigenvalue weighted by Crippen LogP contribution is -2.29. The van der Waals surface area contributed by atoms with E-state index in [1.807, 2.05) is 18.2 Å². The first-order chi connectivity index (χ1) is 8.09. The molecule has 17 heavy (non-hydrogen) atoms. The van der Waals surface area contributed by atoms with E-state index in [0.29, 0.717) is 12.2 Å². The van der Waals surface area contributed by atoms with Crippen LogP contribution in [0.3, 0.4) is 0 Å². The van der Waals surface area contributed by atoms with Gasteiger partial charge in [0.1, 0.15) is 5.75 Å². The Balaban J connectivity index is 2.16. The second-order valence-corrected chi connectivity index (χ2v) is 4.37. The van der Waals surface area contributed by atoms with Gasteiger partial charge >= 0.3 is 0 Å². The van der Waals surface area contributed by atoms with Gasteiger partial charge in [-0.3, -0.25) is 4.79 Å². The van der Waals surface area contributed by atoms with Crippen LogP contribution < -0.4 is 4.74 Å². The van der Waals surface area contributed by atoms with Crippen molar-refractivity contribution < 1.29 is 14.6 Å². The monoisotopic (exact) mass is 235 g/mol. The van der Waals surface area contributed by atoms with Crippen LogP contribution in [-0.2, 0) is 4.79 Å². The van der Waals surface area contributed by atoms with E-state index in [1.54, 1.807) is 24.9 Å². The van der Waals surface area contributed by atoms with Gasteiger partial charge in [0.25, 0.3) is 5.91 Å². The minimum Gasteiger partial charge on any atom is -0.480 e. The van der Waals surface area contributed by atoms with E-state index in [2.05, 4.69) is 0 Å². The van der Waals surface area contributed by atoms with Crippen LogP contribution >= 0.6 is 0 Å². The Morgan fingerprint density at radius 2 is 2.18 bits per heavy atom. The highest BCUT2D eigenvalue weighted by Crippen LogP contribution is 2.27. The highest BCUT2D eigenvalue weighted by atomic mass is 16.5. The molecule has 4 heteroatoms. The zero-order chi connectivity index (χ0) is 12.4. The van der Waals surface area contributed by atoms with Crippen LogP contribution in [-0.4, -0.2) is 35.6 Å². The molecule has 1 saturated heterocycles. The van der Waals surface area contributed by atoms with Gasteiger partial charge in [0.05, 0.1) is 6.10 Å². The number of hydrogen-bond donors (Lipinski definition) is 1. The molecule has 0 radical (unpaired) electrons. The molecular formula is C13H17NO3. The molecule has 4 nitrogen and oxygen atoms in total. The van der Waals surface area contributed by atoms with Crippen LogP contribution in [0.4, 0.5) is 0 Å². The van der Waals surface area contributed by atoms with Crippen LogP contribution in [0.15, 0.2) is 24.3 Å². The molecule has 0 aliphatic carbocycles. The molecule has 1 heterocycles. The van der Waals surface area contributed by atoms with Crippen LogP contribution in [0.2, 0.25) is 0 Å². The van der Waals surface area contributed by atoms with Gasteiger partial charge < -0.3 is 14.7 Å². The normalized spacial score (nSPS) is 21.7. The molecule has 1 aromatic carbocycles. The first-order valence-electron chi connectivity index (χ1n) is 5.78. The molecule has 2 atom stereocenters. The third kappa shape index (κ3) is 2.42. The van der Waals surface area contributed by atoms with Crippen molar-refractivity contribution in [3.05, 3.63) is 29.8 Å². The van der Waals surface area contributed by atoms with Gasteiger partial charge in [0.2, 0.25) is 0 Å². The van der Waals surface area contributed by atoms with E-state index in [1.165, 1.54) is 0 Å². The lowest BCUT2D eigenvalue weighted by atomic mass is 10.1. The van der Waals surface area contributed by atoms with E-state index >= 15 is 0 Å². The molecule has 1 N–H and O–H groups in total. The van der Waals surface area contributed by atoms with E-state index in [4.69, 9.17) is 4.74 Å². The third-order valence-electron chi connectivity index (χ3n) is 3.02. The van der Waals surface area contributed by atoms with E-state index < -0.39 is 12.2 Å². The average molecular weight is 235 g/mol. The summed E-state index contributed by atoms with van der Waals surface area (Å²) < 4.78 is 5.70. The predicted octanol–water partition coefficient (Wildman–Crippen LogP) is 1.35. The Morgan fingerprint density at radius 1 is 1.47 bits per heavy atom. The van der Waals surface area contributed by atoms with E-state index in [9.17, 15) is 9.90 Å². The molecule has 1 aliphatic rings. The lowest BCUT2D eigenvalue weighted by Gasteiger charge is -2.17. The summed E-state index contributed by atoms with van der Waals surface area (Å²) in [6, 6.07) is 7.28. The number of likely N-dealkylation sites (tertiary alicyclic amines) is 1. The topological polar surface area (TPSA) is 49.8 Å². The van der Waals surface area contributed by atoms with Crippen LogP contribution in [0.5, 0.6) is 5.75 Å². The summed E-state index contributed by atoms with van der Waals surface area (Å²) in [6.45, 7) is 2.41. The first-order valence-corrected chi connectivity index (χ1v) is 5.78. The second-order valence-electron chi connectivity index (χ2n) is 4.37. The Bertz CT molecular complexity index is 417. The number of aliphatic hydroxyl groups excluding tert-OH is 1. The number of ether oxygens (including phenoxy) is 1. The summed E-state index contributed by atoms with van der Waals surface area (Å²) in [5.41, 5.74) is 0.717. The highest BCUT2D eigenvalue weighted by molar-refractivity contribution is 5.83. The van der Waals surface area contributed by atoms with Gasteiger partial charge in [-0.15, -0.1) is 0 Å². The van der Waals surface area contributed by atoms with Crippen molar-refractivity contribution in [3.63, 3.8) is 0 Å². The Hall–Kier alpha value is -1.55. The maximum atomic E-state index is 11.7. The number of likely N-dealkylation sites (N-methyl/N-ethyl adjacent to an activating group) is 1. The lowest BCUT2D eigenvalue weighted by molar-refractivity contribution is -0.132. The zero-order valence-corrected chi connectivity index (χ0v) is 10.1. The standard InChI is InChI=1S/C13H17NO3/c1-9(15)10-5-3-4-6-11(10)17-12-7-8-14(2)13(12)16/h3-6,9,12,15H,7-8H2,1-2H3/t9-,12?/m1/s1. The van der Waals surface area contributed by atoms with Gasteiger partial charge in [-0.2, -0.15) is 0 Å². The van der Waals surface area contributed by atoms with Gasteiger partial charge in [0.15, 0.2) is 6.10 Å². The minimum atomic E-state index is -0.597. The van der Waals surface area contributed by atoms with Gasteiger partial charge in [0, 0.05) is 25.6 Å². The summed E-state index contributed by atoms with van der Waals surface area (Å²) in [7, 11) is 1.77. The number of nitrogens with zero attached hydrogens (tertiary/aromatic N) is 1. The quantitative estimate of drug-likeness (QED) is 0.860. The third-order valence-corrected chi connectivity index (χ3v) is 3.02. The smallest absolute Gasteiger partial charge is 0.263 e. The molecule has 2 rings (SSSR count). The minimum absolute atomic E-state index is 0.00500. The number of carbonyl (C=O) groups is 1. The van der Waals surface area contributed by atoms with Crippen molar-refractivity contribution in [1.82, 2.24) is 4.90 Å². The maximum Gasteiger partial charge on any atom is 0.263 e. The molecule has 1 amide bonds. The van der Waals surface area contributed by atoms with E-state index in [0.717, 1.165) is 12.1 Å². The summed E-state index contributed by atoms with van der Waals surface area (Å²) >= 11 is 0. The molecule has 0 spiro atoms. The maximum absolute atomic E-state index is 11.7. The van der Waals surface area contributed by atoms with Crippen molar-refractivity contribution in [3.8, 4) is 5.75 Å². The number of hydrogen-bond acceptors (Lipinski definition) is 3. The fourth-order valence-electron chi connectivity index (χ4n) is 1.99. The summed E-state index contributed by atoms with van der Waals surface area (Å²) in [6.07, 6.45) is -0.316. The Kier molecular flexibility index (Phi) is 3.33. The van der Waals surface area contributed by atoms with Crippen molar-refractivity contribution in [1.29, 1.82) is 0 Å². The average Bonchev–Trinajstić information content (AvgIpc) is 2.61. The van der Waals surface area contributed by atoms with E-state index in [-0.39, 0.29) is 5.91 Å². The predicted molar refractivity (Wildman–Crippen MR) is 63.7 cm³/mol. The summed E-state index contributed by atoms with van der Waals surface area (Å²) in [4.78, 5) is 13.4. The SMILES string of the molecule is C[C@@H](O)c1ccccc1OC1CCN(C)C1=O. The number of para-hydroxylation sites is 1. The van der Waals surface area contributed by atoms with Crippen molar-refractivity contribution in [2.45, 2.75) is 25.6 Å². The van der Waals surface area contributed by atoms with Crippen molar-refractivity contribution in [2.75, 3.05) is 13.6 Å². The fraction of sp³-hybridized carbons (Fsp3) is 0.462. The van der Waals surface area contributed by atoms with Crippen molar-refractivity contribution in [2.24, 2.45) is 0 Å². The molecule has 0 saturated carbocycles. The fourth-order valence-corrected chi connectivity index (χ4v) is 1.99. The molecule has 1 aromatic rings. The molecule has 1 unspecified atom stereocenters. The van der Waals surface area contributed by atoms with Gasteiger partial charge in [-0.05, 0) is 13.0 Å². The second kappa shape index (κ2) is 4.75. The van der Waals surface area contributed by atoms with Crippen LogP contribution in [0, 0.1) is 0 Å². The largest absolute Gasteiger partial charge is 0.480 e. The number of benzene rings is 1. The molecule has 92 valence electrons. The molecule has 1 aliphatic heterocycles. The van der Waals surface area contributed by atoms with Crippen LogP contribution in [0.1, 0.15) is 25.0 Å². The number of amides is 1. The summed E-state index contributed by atoms with van der Waals surface area (Å²) in [5, 5.41) is 9.62. The highest BCUT2D eigenvalue weighted by Gasteiger charge is 2.31. The number of aliphatic hydroxyl groups is 1. The van der Waals surface area contributed by atoms with Crippen molar-refractivity contribution >= 4 is 5.91 Å². The molecular weight excluding hydrogens is 218 g/mol. The number of rotatable bonds is 3. The molecule has 0 aromatic heterocycles. The molecule has 1 fully saturated rings. The van der Waals surface area contributed by atoms with Gasteiger partial charge in [-0.25, -0.2) is 0 Å².